The normalized spacial score (nSPS) is 22.3. The average Bonchev–Trinajstić information content (AvgIpc) is 2.86. The fourth-order valence-electron chi connectivity index (χ4n) is 3.86. The number of H-pyrrole nitrogens is 1. The number of ether oxygens (including phenoxy) is 5. The van der Waals surface area contributed by atoms with E-state index in [1.165, 1.54) is 0 Å². The predicted molar refractivity (Wildman–Crippen MR) is 126 cm³/mol. The van der Waals surface area contributed by atoms with Crippen LogP contribution in [0.5, 0.6) is 0 Å². The summed E-state index contributed by atoms with van der Waals surface area (Å²) in [4.78, 5) is 74.3. The second-order valence-corrected chi connectivity index (χ2v) is 8.39. The molecule has 0 spiro atoms. The average molecular weight is 551 g/mol. The number of carbonyl (C=O) groups excluding carboxylic acids is 4. The highest BCUT2D eigenvalue weighted by molar-refractivity contribution is 5.69. The molecule has 1 fully saturated rings. The molecule has 2 heterocycles. The number of nitrogens with one attached hydrogen (secondary N) is 2. The highest BCUT2D eigenvalue weighted by Gasteiger charge is 2.52. The molecule has 14 nitrogen and oxygen atoms in total. The Labute approximate surface area is 219 Å². The van der Waals surface area contributed by atoms with Crippen LogP contribution in [0.1, 0.15) is 32.6 Å². The van der Waals surface area contributed by atoms with Crippen molar-refractivity contribution < 1.29 is 47.3 Å². The number of hydrogen-bond donors (Lipinski definition) is 2. The molecular weight excluding hydrogens is 525 g/mol. The summed E-state index contributed by atoms with van der Waals surface area (Å²) in [5, 5.41) is 2.41. The summed E-state index contributed by atoms with van der Waals surface area (Å²) < 4.78 is 41.6. The van der Waals surface area contributed by atoms with Gasteiger partial charge in [0.2, 0.25) is 5.82 Å². The molecule has 1 amide bonds. The van der Waals surface area contributed by atoms with Crippen molar-refractivity contribution in [3.63, 3.8) is 0 Å². The second kappa shape index (κ2) is 12.8. The lowest BCUT2D eigenvalue weighted by molar-refractivity contribution is -0.237. The Morgan fingerprint density at radius 3 is 2.23 bits per heavy atom. The monoisotopic (exact) mass is 551 g/mol. The van der Waals surface area contributed by atoms with Gasteiger partial charge in [-0.05, 0) is 5.56 Å². The van der Waals surface area contributed by atoms with Crippen LogP contribution in [0, 0.1) is 5.82 Å². The number of rotatable bonds is 8. The van der Waals surface area contributed by atoms with Crippen LogP contribution in [0.3, 0.4) is 0 Å². The zero-order valence-corrected chi connectivity index (χ0v) is 21.1. The van der Waals surface area contributed by atoms with E-state index >= 15 is 0 Å². The minimum atomic E-state index is -1.68. The summed E-state index contributed by atoms with van der Waals surface area (Å²) in [6, 6.07) is 7.06. The van der Waals surface area contributed by atoms with Crippen molar-refractivity contribution in [3.05, 3.63) is 68.7 Å². The smallest absolute Gasteiger partial charge is 0.407 e. The number of nitrogens with zero attached hydrogens (tertiary/aromatic N) is 1. The predicted octanol–water partition coefficient (Wildman–Crippen LogP) is 0.295. The Hall–Kier alpha value is -4.53. The number of halogens is 1. The number of carbonyl (C=O) groups is 4. The highest BCUT2D eigenvalue weighted by Crippen LogP contribution is 2.32. The van der Waals surface area contributed by atoms with Gasteiger partial charge in [-0.1, -0.05) is 30.3 Å². The van der Waals surface area contributed by atoms with E-state index in [4.69, 9.17) is 23.7 Å². The van der Waals surface area contributed by atoms with E-state index < -0.39 is 78.3 Å². The molecule has 0 saturated carbocycles. The summed E-state index contributed by atoms with van der Waals surface area (Å²) in [7, 11) is 0. The van der Waals surface area contributed by atoms with Crippen LogP contribution >= 0.6 is 0 Å². The van der Waals surface area contributed by atoms with E-state index in [1.54, 1.807) is 35.3 Å². The van der Waals surface area contributed by atoms with Crippen molar-refractivity contribution in [1.29, 1.82) is 0 Å². The second-order valence-electron chi connectivity index (χ2n) is 8.39. The Morgan fingerprint density at radius 2 is 1.62 bits per heavy atom. The number of alkyl carbamates (subject to hydrolysis) is 1. The van der Waals surface area contributed by atoms with Gasteiger partial charge in [-0.15, -0.1) is 0 Å². The van der Waals surface area contributed by atoms with E-state index in [9.17, 15) is 33.2 Å². The van der Waals surface area contributed by atoms with Gasteiger partial charge in [0.25, 0.3) is 5.56 Å². The fraction of sp³-hybridized carbons (Fsp3) is 0.417. The van der Waals surface area contributed by atoms with Crippen LogP contribution in [0.2, 0.25) is 0 Å². The molecule has 39 heavy (non-hydrogen) atoms. The first kappa shape index (κ1) is 29.0. The van der Waals surface area contributed by atoms with E-state index in [1.807, 2.05) is 0 Å². The lowest BCUT2D eigenvalue weighted by Gasteiger charge is -2.45. The molecule has 210 valence electrons. The number of esters is 3. The maximum atomic E-state index is 14.2. The summed E-state index contributed by atoms with van der Waals surface area (Å²) >= 11 is 0. The molecule has 2 aromatic rings. The van der Waals surface area contributed by atoms with Crippen molar-refractivity contribution in [1.82, 2.24) is 14.9 Å². The van der Waals surface area contributed by atoms with Crippen LogP contribution in [-0.2, 0) is 44.7 Å². The molecule has 2 N–H and O–H groups in total. The van der Waals surface area contributed by atoms with Crippen molar-refractivity contribution in [3.8, 4) is 0 Å². The lowest BCUT2D eigenvalue weighted by Crippen LogP contribution is -2.65. The van der Waals surface area contributed by atoms with Gasteiger partial charge in [-0.3, -0.25) is 28.7 Å². The minimum Gasteiger partial charge on any atom is -0.463 e. The van der Waals surface area contributed by atoms with Crippen molar-refractivity contribution in [2.24, 2.45) is 0 Å². The highest BCUT2D eigenvalue weighted by atomic mass is 19.1. The molecule has 0 bridgehead atoms. The molecule has 1 aromatic carbocycles. The van der Waals surface area contributed by atoms with Gasteiger partial charge in [-0.2, -0.15) is 4.39 Å². The zero-order valence-electron chi connectivity index (χ0n) is 21.1. The first-order chi connectivity index (χ1) is 18.5. The van der Waals surface area contributed by atoms with E-state index in [0.29, 0.717) is 16.3 Å². The molecule has 15 heteroatoms. The zero-order chi connectivity index (χ0) is 28.7. The molecule has 5 atom stereocenters. The Morgan fingerprint density at radius 1 is 0.974 bits per heavy atom. The van der Waals surface area contributed by atoms with Gasteiger partial charge in [0, 0.05) is 20.8 Å². The van der Waals surface area contributed by atoms with Crippen LogP contribution in [0.4, 0.5) is 9.18 Å². The van der Waals surface area contributed by atoms with Crippen LogP contribution in [0.25, 0.3) is 0 Å². The first-order valence-corrected chi connectivity index (χ1v) is 11.6. The molecular formula is C24H26FN3O11. The summed E-state index contributed by atoms with van der Waals surface area (Å²) in [5.41, 5.74) is -1.82. The number of aromatic amines is 1. The van der Waals surface area contributed by atoms with Gasteiger partial charge in [0.1, 0.15) is 25.4 Å². The molecule has 0 unspecified atom stereocenters. The number of hydrogen-bond acceptors (Lipinski definition) is 11. The Bertz CT molecular complexity index is 1330. The SMILES string of the molecule is CC(=O)OC[C@@H]1O[C@@H](n2cc(F)c(=O)[nH]c2=O)[C@@H](NC(=O)OCc2ccccc2)[C@@H](OC(C)=O)[C@H]1OC(C)=O. The topological polar surface area (TPSA) is 181 Å². The minimum absolute atomic E-state index is 0.168. The largest absolute Gasteiger partial charge is 0.463 e. The van der Waals surface area contributed by atoms with E-state index in [2.05, 4.69) is 5.32 Å². The number of aromatic nitrogens is 2. The maximum Gasteiger partial charge on any atom is 0.407 e. The van der Waals surface area contributed by atoms with Crippen molar-refractivity contribution >= 4 is 24.0 Å². The third kappa shape index (κ3) is 7.73. The fourth-order valence-corrected chi connectivity index (χ4v) is 3.86. The van der Waals surface area contributed by atoms with Gasteiger partial charge < -0.3 is 29.0 Å². The van der Waals surface area contributed by atoms with Crippen LogP contribution in [-0.4, -0.2) is 64.5 Å². The van der Waals surface area contributed by atoms with Crippen molar-refractivity contribution in [2.75, 3.05) is 6.61 Å². The summed E-state index contributed by atoms with van der Waals surface area (Å²) in [5.74, 6) is -3.83. The molecule has 0 aliphatic carbocycles. The summed E-state index contributed by atoms with van der Waals surface area (Å²) in [6.45, 7) is 2.47. The third-order valence-corrected chi connectivity index (χ3v) is 5.42. The third-order valence-electron chi connectivity index (χ3n) is 5.42. The first-order valence-electron chi connectivity index (χ1n) is 11.6. The molecule has 3 rings (SSSR count). The summed E-state index contributed by atoms with van der Waals surface area (Å²) in [6.07, 6.45) is -6.61. The van der Waals surface area contributed by atoms with Crippen molar-refractivity contribution in [2.45, 2.75) is 58.0 Å². The quantitative estimate of drug-likeness (QED) is 0.340. The molecule has 1 aromatic heterocycles. The molecule has 1 aliphatic heterocycles. The van der Waals surface area contributed by atoms with Crippen LogP contribution in [0.15, 0.2) is 46.1 Å². The maximum absolute atomic E-state index is 14.2. The lowest BCUT2D eigenvalue weighted by atomic mass is 9.95. The van der Waals surface area contributed by atoms with Gasteiger partial charge in [0.15, 0.2) is 18.4 Å². The molecule has 1 saturated heterocycles. The van der Waals surface area contributed by atoms with E-state index in [0.717, 1.165) is 20.8 Å². The molecule has 1 aliphatic rings. The van der Waals surface area contributed by atoms with Crippen LogP contribution < -0.4 is 16.6 Å². The number of benzene rings is 1. The molecule has 0 radical (unpaired) electrons. The van der Waals surface area contributed by atoms with Gasteiger partial charge in [-0.25, -0.2) is 9.59 Å². The van der Waals surface area contributed by atoms with Gasteiger partial charge in [0.05, 0.1) is 6.20 Å². The van der Waals surface area contributed by atoms with E-state index in [-0.39, 0.29) is 6.61 Å². The standard InChI is InChI=1S/C24H26FN3O11/c1-12(29)35-11-17-19(37-13(2)30)20(38-14(3)31)18(26-24(34)36-10-15-7-5-4-6-8-15)22(39-17)28-9-16(25)21(32)27-23(28)33/h4-9,17-20,22H,10-11H2,1-3H3,(H,26,34)(H,27,32,33)/t17-,18-,19-,20+,22+/m0/s1. The Kier molecular flexibility index (Phi) is 9.54. The Balaban J connectivity index is 2.05. The number of amides is 1. The van der Waals surface area contributed by atoms with Gasteiger partial charge >= 0.3 is 29.7 Å².